The molecule has 102 valence electrons. The Morgan fingerprint density at radius 2 is 1.80 bits per heavy atom. The molecule has 0 spiro atoms. The van der Waals surface area contributed by atoms with Gasteiger partial charge in [-0.2, -0.15) is 0 Å². The first-order valence-corrected chi connectivity index (χ1v) is 6.61. The molecule has 3 aromatic rings. The fourth-order valence-electron chi connectivity index (χ4n) is 2.49. The number of nitrogens with zero attached hydrogens (tertiary/aromatic N) is 1. The Balaban J connectivity index is 2.17. The Bertz CT molecular complexity index is 787. The van der Waals surface area contributed by atoms with Gasteiger partial charge in [0, 0.05) is 5.56 Å². The molecule has 3 rings (SSSR count). The zero-order valence-corrected chi connectivity index (χ0v) is 12.2. The van der Waals surface area contributed by atoms with Crippen LogP contribution in [0.2, 0.25) is 0 Å². The van der Waals surface area contributed by atoms with E-state index in [1.54, 1.807) is 7.11 Å². The van der Waals surface area contributed by atoms with Crippen LogP contribution in [0, 0.1) is 20.8 Å². The summed E-state index contributed by atoms with van der Waals surface area (Å²) < 4.78 is 11.2. The zero-order valence-electron chi connectivity index (χ0n) is 12.2. The van der Waals surface area contributed by atoms with Gasteiger partial charge < -0.3 is 9.15 Å². The molecule has 0 aliphatic rings. The second-order valence-electron chi connectivity index (χ2n) is 5.13. The molecule has 0 amide bonds. The highest BCUT2D eigenvalue weighted by Crippen LogP contribution is 2.30. The largest absolute Gasteiger partial charge is 0.497 e. The van der Waals surface area contributed by atoms with E-state index in [1.165, 1.54) is 5.56 Å². The van der Waals surface area contributed by atoms with Gasteiger partial charge in [0.15, 0.2) is 5.58 Å². The first kappa shape index (κ1) is 12.7. The second kappa shape index (κ2) is 4.67. The summed E-state index contributed by atoms with van der Waals surface area (Å²) in [7, 11) is 1.67. The lowest BCUT2D eigenvalue weighted by Crippen LogP contribution is -1.87. The smallest absolute Gasteiger partial charge is 0.227 e. The first-order valence-electron chi connectivity index (χ1n) is 6.61. The number of hydrogen-bond donors (Lipinski definition) is 0. The van der Waals surface area contributed by atoms with Crippen LogP contribution in [0.4, 0.5) is 0 Å². The van der Waals surface area contributed by atoms with Crippen molar-refractivity contribution in [3.8, 4) is 17.2 Å². The lowest BCUT2D eigenvalue weighted by molar-refractivity contribution is 0.414. The Morgan fingerprint density at radius 1 is 1.00 bits per heavy atom. The summed E-state index contributed by atoms with van der Waals surface area (Å²) in [4.78, 5) is 4.61. The fourth-order valence-corrected chi connectivity index (χ4v) is 2.49. The van der Waals surface area contributed by atoms with Crippen molar-refractivity contribution < 1.29 is 9.15 Å². The molecule has 0 saturated heterocycles. The molecule has 0 fully saturated rings. The number of benzene rings is 2. The molecular weight excluding hydrogens is 250 g/mol. The maximum Gasteiger partial charge on any atom is 0.227 e. The predicted octanol–water partition coefficient (Wildman–Crippen LogP) is 4.43. The molecule has 0 saturated carbocycles. The minimum Gasteiger partial charge on any atom is -0.497 e. The molecule has 0 aliphatic heterocycles. The van der Waals surface area contributed by atoms with Crippen molar-refractivity contribution in [1.82, 2.24) is 4.98 Å². The number of rotatable bonds is 2. The predicted molar refractivity (Wildman–Crippen MR) is 80.2 cm³/mol. The van der Waals surface area contributed by atoms with E-state index < -0.39 is 0 Å². The molecule has 0 N–H and O–H groups in total. The molecule has 3 nitrogen and oxygen atoms in total. The Hall–Kier alpha value is -2.29. The van der Waals surface area contributed by atoms with Crippen molar-refractivity contribution in [3.05, 3.63) is 47.0 Å². The molecule has 2 aromatic carbocycles. The Labute approximate surface area is 118 Å². The van der Waals surface area contributed by atoms with Crippen LogP contribution in [0.5, 0.6) is 5.75 Å². The van der Waals surface area contributed by atoms with Gasteiger partial charge in [-0.15, -0.1) is 0 Å². The highest BCUT2D eigenvalue weighted by atomic mass is 16.5. The van der Waals surface area contributed by atoms with Crippen LogP contribution in [0.3, 0.4) is 0 Å². The number of fused-ring (bicyclic) bond motifs is 1. The van der Waals surface area contributed by atoms with Gasteiger partial charge in [-0.05, 0) is 61.7 Å². The average molecular weight is 267 g/mol. The first-order chi connectivity index (χ1) is 9.58. The molecule has 1 heterocycles. The summed E-state index contributed by atoms with van der Waals surface area (Å²) in [6, 6.07) is 10.1. The van der Waals surface area contributed by atoms with Gasteiger partial charge >= 0.3 is 0 Å². The summed E-state index contributed by atoms with van der Waals surface area (Å²) in [5.74, 6) is 1.50. The lowest BCUT2D eigenvalue weighted by Gasteiger charge is -2.04. The van der Waals surface area contributed by atoms with Crippen molar-refractivity contribution >= 4 is 11.1 Å². The number of ether oxygens (including phenoxy) is 1. The van der Waals surface area contributed by atoms with Crippen LogP contribution < -0.4 is 4.74 Å². The summed E-state index contributed by atoms with van der Waals surface area (Å²) in [6.45, 7) is 6.15. The van der Waals surface area contributed by atoms with Gasteiger partial charge in [0.2, 0.25) is 5.89 Å². The van der Waals surface area contributed by atoms with Gasteiger partial charge in [-0.3, -0.25) is 0 Å². The highest BCUT2D eigenvalue weighted by Gasteiger charge is 2.13. The number of methoxy groups -OCH3 is 1. The summed E-state index contributed by atoms with van der Waals surface area (Å²) in [5, 5.41) is 0. The van der Waals surface area contributed by atoms with Gasteiger partial charge in [-0.25, -0.2) is 4.98 Å². The average Bonchev–Trinajstić information content (AvgIpc) is 2.82. The third kappa shape index (κ3) is 2.05. The normalized spacial score (nSPS) is 11.0. The van der Waals surface area contributed by atoms with Crippen molar-refractivity contribution in [3.63, 3.8) is 0 Å². The van der Waals surface area contributed by atoms with E-state index in [0.29, 0.717) is 5.89 Å². The maximum absolute atomic E-state index is 5.94. The van der Waals surface area contributed by atoms with Gasteiger partial charge in [0.05, 0.1) is 7.11 Å². The van der Waals surface area contributed by atoms with E-state index in [0.717, 1.165) is 33.5 Å². The molecule has 0 radical (unpaired) electrons. The van der Waals surface area contributed by atoms with Crippen LogP contribution in [0.15, 0.2) is 34.7 Å². The topological polar surface area (TPSA) is 35.3 Å². The van der Waals surface area contributed by atoms with E-state index in [9.17, 15) is 0 Å². The molecule has 0 atom stereocenters. The number of aryl methyl sites for hydroxylation is 3. The van der Waals surface area contributed by atoms with Crippen LogP contribution in [0.25, 0.3) is 22.6 Å². The van der Waals surface area contributed by atoms with Crippen molar-refractivity contribution in [2.75, 3.05) is 7.11 Å². The SMILES string of the molecule is COc1ccc(-c2nc3cc(C)cc(C)c3o2)c(C)c1. The molecule has 3 heteroatoms. The second-order valence-corrected chi connectivity index (χ2v) is 5.13. The quantitative estimate of drug-likeness (QED) is 0.689. The fraction of sp³-hybridized carbons (Fsp3) is 0.235. The van der Waals surface area contributed by atoms with Crippen molar-refractivity contribution in [2.45, 2.75) is 20.8 Å². The third-order valence-corrected chi connectivity index (χ3v) is 3.48. The van der Waals surface area contributed by atoms with E-state index in [1.807, 2.05) is 38.1 Å². The van der Waals surface area contributed by atoms with Gasteiger partial charge in [0.25, 0.3) is 0 Å². The monoisotopic (exact) mass is 267 g/mol. The van der Waals surface area contributed by atoms with Crippen LogP contribution in [0.1, 0.15) is 16.7 Å². The summed E-state index contributed by atoms with van der Waals surface area (Å²) in [5.41, 5.74) is 6.17. The minimum atomic E-state index is 0.661. The van der Waals surface area contributed by atoms with E-state index in [2.05, 4.69) is 18.0 Å². The van der Waals surface area contributed by atoms with Gasteiger partial charge in [-0.1, -0.05) is 6.07 Å². The zero-order chi connectivity index (χ0) is 14.3. The summed E-state index contributed by atoms with van der Waals surface area (Å²) >= 11 is 0. The molecule has 1 aromatic heterocycles. The molecule has 0 bridgehead atoms. The summed E-state index contributed by atoms with van der Waals surface area (Å²) in [6.07, 6.45) is 0. The highest BCUT2D eigenvalue weighted by molar-refractivity contribution is 5.80. The van der Waals surface area contributed by atoms with E-state index in [4.69, 9.17) is 9.15 Å². The van der Waals surface area contributed by atoms with Crippen molar-refractivity contribution in [1.29, 1.82) is 0 Å². The number of aromatic nitrogens is 1. The van der Waals surface area contributed by atoms with Crippen LogP contribution in [-0.2, 0) is 0 Å². The number of hydrogen-bond acceptors (Lipinski definition) is 3. The maximum atomic E-state index is 5.94. The van der Waals surface area contributed by atoms with E-state index in [-0.39, 0.29) is 0 Å². The Kier molecular flexibility index (Phi) is 2.97. The van der Waals surface area contributed by atoms with Crippen LogP contribution in [-0.4, -0.2) is 12.1 Å². The third-order valence-electron chi connectivity index (χ3n) is 3.48. The van der Waals surface area contributed by atoms with E-state index >= 15 is 0 Å². The molecule has 0 unspecified atom stereocenters. The molecule has 20 heavy (non-hydrogen) atoms. The number of oxazole rings is 1. The van der Waals surface area contributed by atoms with Gasteiger partial charge in [0.1, 0.15) is 11.3 Å². The standard InChI is InChI=1S/C17H17NO2/c1-10-7-12(3)16-15(8-10)18-17(20-16)14-6-5-13(19-4)9-11(14)2/h5-9H,1-4H3. The van der Waals surface area contributed by atoms with Crippen molar-refractivity contribution in [2.24, 2.45) is 0 Å². The van der Waals surface area contributed by atoms with Crippen LogP contribution >= 0.6 is 0 Å². The minimum absolute atomic E-state index is 0.661. The molecule has 0 aliphatic carbocycles. The lowest BCUT2D eigenvalue weighted by atomic mass is 10.1. The molecular formula is C17H17NO2. The Morgan fingerprint density at radius 3 is 2.50 bits per heavy atom.